The van der Waals surface area contributed by atoms with E-state index in [1.54, 1.807) is 35.2 Å². The highest BCUT2D eigenvalue weighted by atomic mass is 19.1. The van der Waals surface area contributed by atoms with Crippen molar-refractivity contribution in [3.63, 3.8) is 0 Å². The molecule has 0 aliphatic heterocycles. The Morgan fingerprint density at radius 2 is 1.41 bits per heavy atom. The Labute approximate surface area is 213 Å². The van der Waals surface area contributed by atoms with Gasteiger partial charge in [-0.15, -0.1) is 0 Å². The fourth-order valence-corrected chi connectivity index (χ4v) is 3.58. The second kappa shape index (κ2) is 12.3. The lowest BCUT2D eigenvalue weighted by Gasteiger charge is -2.23. The van der Waals surface area contributed by atoms with E-state index in [9.17, 15) is 18.4 Å². The number of anilines is 2. The van der Waals surface area contributed by atoms with Crippen molar-refractivity contribution in [3.8, 4) is 11.5 Å². The molecule has 0 saturated heterocycles. The quantitative estimate of drug-likeness (QED) is 0.253. The molecule has 0 radical (unpaired) electrons. The maximum absolute atomic E-state index is 13.7. The first-order valence-electron chi connectivity index (χ1n) is 11.7. The normalized spacial score (nSPS) is 10.4. The largest absolute Gasteiger partial charge is 0.457 e. The maximum Gasteiger partial charge on any atom is 0.319 e. The van der Waals surface area contributed by atoms with Crippen LogP contribution >= 0.6 is 0 Å². The molecule has 37 heavy (non-hydrogen) atoms. The summed E-state index contributed by atoms with van der Waals surface area (Å²) in [7, 11) is 0. The topological polar surface area (TPSA) is 70.7 Å². The van der Waals surface area contributed by atoms with Gasteiger partial charge in [-0.1, -0.05) is 30.3 Å². The van der Waals surface area contributed by atoms with Crippen molar-refractivity contribution in [1.29, 1.82) is 0 Å². The third kappa shape index (κ3) is 7.14. The van der Waals surface area contributed by atoms with Crippen LogP contribution in [0.15, 0.2) is 103 Å². The molecule has 0 unspecified atom stereocenters. The van der Waals surface area contributed by atoms with Gasteiger partial charge in [-0.2, -0.15) is 0 Å². The van der Waals surface area contributed by atoms with Gasteiger partial charge in [-0.3, -0.25) is 4.79 Å². The summed E-state index contributed by atoms with van der Waals surface area (Å²) in [6, 6.07) is 27.0. The van der Waals surface area contributed by atoms with E-state index in [1.165, 1.54) is 42.5 Å². The summed E-state index contributed by atoms with van der Waals surface area (Å²) in [5.74, 6) is 0.0152. The Balaban J connectivity index is 1.41. The van der Waals surface area contributed by atoms with E-state index < -0.39 is 17.7 Å². The molecule has 188 valence electrons. The number of rotatable bonds is 9. The number of halogens is 2. The monoisotopic (exact) mass is 501 g/mol. The summed E-state index contributed by atoms with van der Waals surface area (Å²) in [6.45, 7) is 0.512. The van der Waals surface area contributed by atoms with E-state index in [0.717, 1.165) is 0 Å². The Morgan fingerprint density at radius 3 is 2.11 bits per heavy atom. The van der Waals surface area contributed by atoms with Crippen molar-refractivity contribution in [2.75, 3.05) is 23.3 Å². The summed E-state index contributed by atoms with van der Waals surface area (Å²) in [4.78, 5) is 27.0. The first kappa shape index (κ1) is 25.4. The zero-order valence-electron chi connectivity index (χ0n) is 19.9. The van der Waals surface area contributed by atoms with E-state index in [0.29, 0.717) is 29.2 Å². The van der Waals surface area contributed by atoms with Gasteiger partial charge in [0.1, 0.15) is 23.1 Å². The first-order chi connectivity index (χ1) is 18.0. The second-order valence-electron chi connectivity index (χ2n) is 8.09. The van der Waals surface area contributed by atoms with Gasteiger partial charge in [0.2, 0.25) is 0 Å². The number of ether oxygens (including phenoxy) is 1. The van der Waals surface area contributed by atoms with Crippen LogP contribution in [0, 0.1) is 11.6 Å². The third-order valence-electron chi connectivity index (χ3n) is 5.43. The Bertz CT molecular complexity index is 1330. The molecule has 4 aromatic rings. The molecule has 4 aromatic carbocycles. The van der Waals surface area contributed by atoms with Crippen LogP contribution in [0.2, 0.25) is 0 Å². The SMILES string of the molecule is O=C(NCCCN(C(=O)c1ccc(F)cc1)c1ccc(Oc2ccccc2)cc1)Nc1ccccc1F. The zero-order valence-corrected chi connectivity index (χ0v) is 19.9. The molecule has 6 nitrogen and oxygen atoms in total. The van der Waals surface area contributed by atoms with Crippen LogP contribution < -0.4 is 20.3 Å². The minimum atomic E-state index is -0.552. The molecule has 0 heterocycles. The van der Waals surface area contributed by atoms with Crippen molar-refractivity contribution >= 4 is 23.3 Å². The Kier molecular flexibility index (Phi) is 8.44. The molecule has 0 bridgehead atoms. The van der Waals surface area contributed by atoms with Gasteiger partial charge in [-0.05, 0) is 79.2 Å². The molecule has 3 amide bonds. The third-order valence-corrected chi connectivity index (χ3v) is 5.43. The molecule has 0 aliphatic rings. The van der Waals surface area contributed by atoms with Crippen LogP contribution in [0.5, 0.6) is 11.5 Å². The molecule has 8 heteroatoms. The van der Waals surface area contributed by atoms with Crippen LogP contribution in [0.1, 0.15) is 16.8 Å². The average Bonchev–Trinajstić information content (AvgIpc) is 2.91. The Hall–Kier alpha value is -4.72. The lowest BCUT2D eigenvalue weighted by molar-refractivity contribution is 0.0986. The molecule has 0 saturated carbocycles. The predicted molar refractivity (Wildman–Crippen MR) is 139 cm³/mol. The number of carbonyl (C=O) groups is 2. The molecular weight excluding hydrogens is 476 g/mol. The number of amides is 3. The van der Waals surface area contributed by atoms with Crippen molar-refractivity contribution in [3.05, 3.63) is 120 Å². The molecular formula is C29H25F2N3O3. The maximum atomic E-state index is 13.7. The van der Waals surface area contributed by atoms with Crippen molar-refractivity contribution in [1.82, 2.24) is 5.32 Å². The average molecular weight is 502 g/mol. The van der Waals surface area contributed by atoms with E-state index >= 15 is 0 Å². The first-order valence-corrected chi connectivity index (χ1v) is 11.7. The molecule has 0 aromatic heterocycles. The van der Waals surface area contributed by atoms with Crippen LogP contribution in [-0.2, 0) is 0 Å². The van der Waals surface area contributed by atoms with Crippen LogP contribution in [0.4, 0.5) is 25.0 Å². The zero-order chi connectivity index (χ0) is 26.0. The van der Waals surface area contributed by atoms with Gasteiger partial charge in [0, 0.05) is 24.3 Å². The van der Waals surface area contributed by atoms with Gasteiger partial charge >= 0.3 is 6.03 Å². The second-order valence-corrected chi connectivity index (χ2v) is 8.09. The van der Waals surface area contributed by atoms with Gasteiger partial charge < -0.3 is 20.3 Å². The number of carbonyl (C=O) groups excluding carboxylic acids is 2. The van der Waals surface area contributed by atoms with Gasteiger partial charge in [0.05, 0.1) is 5.69 Å². The summed E-state index contributed by atoms with van der Waals surface area (Å²) in [5.41, 5.74) is 1.02. The summed E-state index contributed by atoms with van der Waals surface area (Å²) >= 11 is 0. The predicted octanol–water partition coefficient (Wildman–Crippen LogP) is 6.62. The number of hydrogen-bond acceptors (Lipinski definition) is 3. The van der Waals surface area contributed by atoms with E-state index in [-0.39, 0.29) is 24.7 Å². The van der Waals surface area contributed by atoms with Crippen LogP contribution in [0.3, 0.4) is 0 Å². The smallest absolute Gasteiger partial charge is 0.319 e. The van der Waals surface area contributed by atoms with Crippen molar-refractivity contribution in [2.45, 2.75) is 6.42 Å². The number of hydrogen-bond donors (Lipinski definition) is 2. The minimum absolute atomic E-state index is 0.0749. The van der Waals surface area contributed by atoms with E-state index in [2.05, 4.69) is 10.6 Å². The van der Waals surface area contributed by atoms with E-state index in [1.807, 2.05) is 30.3 Å². The molecule has 4 rings (SSSR count). The lowest BCUT2D eigenvalue weighted by Crippen LogP contribution is -2.35. The Morgan fingerprint density at radius 1 is 0.757 bits per heavy atom. The van der Waals surface area contributed by atoms with Gasteiger partial charge in [0.25, 0.3) is 5.91 Å². The van der Waals surface area contributed by atoms with E-state index in [4.69, 9.17) is 4.74 Å². The summed E-state index contributed by atoms with van der Waals surface area (Å²) < 4.78 is 33.0. The van der Waals surface area contributed by atoms with Gasteiger partial charge in [0.15, 0.2) is 0 Å². The number of para-hydroxylation sites is 2. The molecule has 0 aliphatic carbocycles. The highest BCUT2D eigenvalue weighted by Crippen LogP contribution is 2.25. The number of nitrogens with zero attached hydrogens (tertiary/aromatic N) is 1. The van der Waals surface area contributed by atoms with Crippen molar-refractivity contribution < 1.29 is 23.1 Å². The minimum Gasteiger partial charge on any atom is -0.457 e. The fraction of sp³-hybridized carbons (Fsp3) is 0.103. The highest BCUT2D eigenvalue weighted by molar-refractivity contribution is 6.06. The van der Waals surface area contributed by atoms with Gasteiger partial charge in [-0.25, -0.2) is 13.6 Å². The molecule has 0 spiro atoms. The summed E-state index contributed by atoms with van der Waals surface area (Å²) in [5, 5.41) is 5.12. The van der Waals surface area contributed by atoms with Crippen LogP contribution in [0.25, 0.3) is 0 Å². The number of urea groups is 1. The molecule has 2 N–H and O–H groups in total. The fourth-order valence-electron chi connectivity index (χ4n) is 3.58. The molecule has 0 atom stereocenters. The lowest BCUT2D eigenvalue weighted by atomic mass is 10.1. The summed E-state index contributed by atoms with van der Waals surface area (Å²) in [6.07, 6.45) is 0.417. The molecule has 0 fully saturated rings. The number of nitrogens with one attached hydrogen (secondary N) is 2. The van der Waals surface area contributed by atoms with Crippen LogP contribution in [-0.4, -0.2) is 25.0 Å². The number of benzene rings is 4. The highest BCUT2D eigenvalue weighted by Gasteiger charge is 2.18. The standard InChI is InChI=1S/C29H25F2N3O3/c30-22-13-11-21(12-14-22)28(35)34(20-6-19-32-29(36)33-27-10-5-4-9-26(27)31)23-15-17-25(18-16-23)37-24-7-2-1-3-8-24/h1-5,7-18H,6,19-20H2,(H2,32,33,36). The van der Waals surface area contributed by atoms with Crippen molar-refractivity contribution in [2.24, 2.45) is 0 Å².